The third-order valence-electron chi connectivity index (χ3n) is 1.30. The Kier molecular flexibility index (Phi) is 9.25. The minimum atomic E-state index is -0.856. The average molecular weight is 204 g/mol. The van der Waals surface area contributed by atoms with E-state index in [1.54, 1.807) is 0 Å². The third kappa shape index (κ3) is 10.9. The number of hydrogen-bond donors (Lipinski definition) is 1. The summed E-state index contributed by atoms with van der Waals surface area (Å²) in [5.74, 6) is -0.856. The zero-order valence-corrected chi connectivity index (χ0v) is 8.11. The molecule has 0 aromatic rings. The molecule has 0 aliphatic carbocycles. The summed E-state index contributed by atoms with van der Waals surface area (Å²) in [4.78, 5) is 10.1. The Morgan fingerprint density at radius 1 is 1.14 bits per heavy atom. The Labute approximate surface area is 83.3 Å². The van der Waals surface area contributed by atoms with Crippen LogP contribution in [0, 0.1) is 0 Å². The van der Waals surface area contributed by atoms with Crippen LogP contribution in [0.25, 0.3) is 0 Å². The summed E-state index contributed by atoms with van der Waals surface area (Å²) in [6, 6.07) is 0. The number of carbonyl (C=O) groups is 1. The predicted octanol–water partition coefficient (Wildman–Crippen LogP) is 0.654. The van der Waals surface area contributed by atoms with Crippen LogP contribution < -0.4 is 0 Å². The molecule has 0 unspecified atom stereocenters. The molecule has 5 heteroatoms. The summed E-state index contributed by atoms with van der Waals surface area (Å²) in [6.07, 6.45) is 1.38. The van der Waals surface area contributed by atoms with Gasteiger partial charge in [-0.05, 0) is 0 Å². The van der Waals surface area contributed by atoms with Gasteiger partial charge in [-0.3, -0.25) is 4.79 Å². The highest BCUT2D eigenvalue weighted by Gasteiger charge is 1.95. The van der Waals surface area contributed by atoms with Gasteiger partial charge in [0.15, 0.2) is 0 Å². The fourth-order valence-electron chi connectivity index (χ4n) is 0.672. The maximum atomic E-state index is 10.1. The van der Waals surface area contributed by atoms with Crippen LogP contribution >= 0.6 is 0 Å². The molecule has 82 valence electrons. The molecule has 0 aromatic heterocycles. The van der Waals surface area contributed by atoms with Crippen LogP contribution in [-0.2, 0) is 19.0 Å². The zero-order valence-electron chi connectivity index (χ0n) is 8.11. The molecule has 0 fully saturated rings. The highest BCUT2D eigenvalue weighted by atomic mass is 16.5. The van der Waals surface area contributed by atoms with E-state index in [9.17, 15) is 4.79 Å². The van der Waals surface area contributed by atoms with Crippen molar-refractivity contribution in [3.63, 3.8) is 0 Å². The monoisotopic (exact) mass is 204 g/mol. The largest absolute Gasteiger partial charge is 0.499 e. The van der Waals surface area contributed by atoms with Crippen LogP contribution in [0.1, 0.15) is 6.42 Å². The van der Waals surface area contributed by atoms with E-state index in [1.807, 2.05) is 0 Å². The van der Waals surface area contributed by atoms with E-state index < -0.39 is 5.97 Å². The highest BCUT2D eigenvalue weighted by Crippen LogP contribution is 1.84. The molecule has 5 nitrogen and oxygen atoms in total. The molecule has 0 saturated carbocycles. The Balaban J connectivity index is 2.92. The van der Waals surface area contributed by atoms with Crippen LogP contribution in [-0.4, -0.2) is 44.1 Å². The number of carboxylic acids is 1. The van der Waals surface area contributed by atoms with Gasteiger partial charge in [-0.2, -0.15) is 0 Å². The van der Waals surface area contributed by atoms with Crippen molar-refractivity contribution in [2.24, 2.45) is 0 Å². The van der Waals surface area contributed by atoms with E-state index in [4.69, 9.17) is 19.3 Å². The lowest BCUT2D eigenvalue weighted by atomic mass is 10.5. The van der Waals surface area contributed by atoms with Gasteiger partial charge in [0, 0.05) is 0 Å². The quantitative estimate of drug-likeness (QED) is 0.418. The van der Waals surface area contributed by atoms with E-state index in [2.05, 4.69) is 6.58 Å². The van der Waals surface area contributed by atoms with Gasteiger partial charge in [0.2, 0.25) is 0 Å². The van der Waals surface area contributed by atoms with E-state index in [-0.39, 0.29) is 13.0 Å². The molecular formula is C9H16O5. The number of carboxylic acid groups (broad SMARTS) is 1. The van der Waals surface area contributed by atoms with Crippen LogP contribution in [0.5, 0.6) is 0 Å². The maximum absolute atomic E-state index is 10.1. The number of aliphatic carboxylic acids is 1. The van der Waals surface area contributed by atoms with E-state index in [1.165, 1.54) is 6.26 Å². The maximum Gasteiger partial charge on any atom is 0.305 e. The normalized spacial score (nSPS) is 9.71. The predicted molar refractivity (Wildman–Crippen MR) is 50.0 cm³/mol. The van der Waals surface area contributed by atoms with Gasteiger partial charge in [0.05, 0.1) is 39.1 Å². The molecule has 0 bridgehead atoms. The van der Waals surface area contributed by atoms with Gasteiger partial charge in [-0.25, -0.2) is 0 Å². The standard InChI is InChI=1S/C9H16O5/c1-2-12-5-6-14-8-7-13-4-3-9(10)11/h2H,1,3-8H2,(H,10,11). The molecule has 0 saturated heterocycles. The summed E-state index contributed by atoms with van der Waals surface area (Å²) in [6.45, 7) is 5.40. The molecule has 0 heterocycles. The van der Waals surface area contributed by atoms with Crippen molar-refractivity contribution in [3.05, 3.63) is 12.8 Å². The van der Waals surface area contributed by atoms with E-state index in [0.717, 1.165) is 0 Å². The lowest BCUT2D eigenvalue weighted by molar-refractivity contribution is -0.138. The molecule has 0 amide bonds. The average Bonchev–Trinajstić information content (AvgIpc) is 2.15. The number of hydrogen-bond acceptors (Lipinski definition) is 4. The van der Waals surface area contributed by atoms with Crippen LogP contribution in [0.4, 0.5) is 0 Å². The van der Waals surface area contributed by atoms with Crippen molar-refractivity contribution in [2.45, 2.75) is 6.42 Å². The Hall–Kier alpha value is -1.07. The van der Waals surface area contributed by atoms with Gasteiger partial charge in [0.25, 0.3) is 0 Å². The summed E-state index contributed by atoms with van der Waals surface area (Å²) >= 11 is 0. The van der Waals surface area contributed by atoms with Gasteiger partial charge < -0.3 is 19.3 Å². The minimum absolute atomic E-state index is 0.0274. The smallest absolute Gasteiger partial charge is 0.305 e. The Morgan fingerprint density at radius 2 is 1.71 bits per heavy atom. The zero-order chi connectivity index (χ0) is 10.6. The first-order valence-electron chi connectivity index (χ1n) is 4.37. The van der Waals surface area contributed by atoms with E-state index >= 15 is 0 Å². The van der Waals surface area contributed by atoms with Crippen LogP contribution in [0.2, 0.25) is 0 Å². The number of rotatable bonds is 10. The second kappa shape index (κ2) is 10.0. The van der Waals surface area contributed by atoms with Gasteiger partial charge in [-0.15, -0.1) is 0 Å². The summed E-state index contributed by atoms with van der Waals surface area (Å²) in [7, 11) is 0. The second-order valence-electron chi connectivity index (χ2n) is 2.41. The topological polar surface area (TPSA) is 65.0 Å². The minimum Gasteiger partial charge on any atom is -0.499 e. The highest BCUT2D eigenvalue weighted by molar-refractivity contribution is 5.66. The van der Waals surface area contributed by atoms with Crippen molar-refractivity contribution in [1.82, 2.24) is 0 Å². The molecule has 0 radical (unpaired) electrons. The molecule has 0 atom stereocenters. The Morgan fingerprint density at radius 3 is 2.29 bits per heavy atom. The molecule has 0 rings (SSSR count). The molecule has 0 aromatic carbocycles. The van der Waals surface area contributed by atoms with Crippen molar-refractivity contribution in [1.29, 1.82) is 0 Å². The number of ether oxygens (including phenoxy) is 3. The van der Waals surface area contributed by atoms with Crippen molar-refractivity contribution in [3.8, 4) is 0 Å². The SMILES string of the molecule is C=COCCOCCOCCC(=O)O. The van der Waals surface area contributed by atoms with Gasteiger partial charge >= 0.3 is 5.97 Å². The molecule has 1 N–H and O–H groups in total. The first kappa shape index (κ1) is 12.9. The Bertz CT molecular complexity index is 157. The van der Waals surface area contributed by atoms with Crippen LogP contribution in [0.3, 0.4) is 0 Å². The lowest BCUT2D eigenvalue weighted by Crippen LogP contribution is -2.10. The molecule has 14 heavy (non-hydrogen) atoms. The van der Waals surface area contributed by atoms with Crippen molar-refractivity contribution < 1.29 is 24.1 Å². The summed E-state index contributed by atoms with van der Waals surface area (Å²) in [5.41, 5.74) is 0. The molecule has 0 aliphatic rings. The molecular weight excluding hydrogens is 188 g/mol. The first-order valence-corrected chi connectivity index (χ1v) is 4.37. The van der Waals surface area contributed by atoms with Crippen molar-refractivity contribution in [2.75, 3.05) is 33.0 Å². The summed E-state index contributed by atoms with van der Waals surface area (Å²) in [5, 5.41) is 8.28. The molecule has 0 spiro atoms. The molecule has 0 aliphatic heterocycles. The van der Waals surface area contributed by atoms with E-state index in [0.29, 0.717) is 26.4 Å². The van der Waals surface area contributed by atoms with Crippen molar-refractivity contribution >= 4 is 5.97 Å². The van der Waals surface area contributed by atoms with Gasteiger partial charge in [0.1, 0.15) is 6.61 Å². The fraction of sp³-hybridized carbons (Fsp3) is 0.667. The fourth-order valence-corrected chi connectivity index (χ4v) is 0.672. The summed E-state index contributed by atoms with van der Waals surface area (Å²) < 4.78 is 14.9. The van der Waals surface area contributed by atoms with Crippen LogP contribution in [0.15, 0.2) is 12.8 Å². The third-order valence-corrected chi connectivity index (χ3v) is 1.30. The van der Waals surface area contributed by atoms with Gasteiger partial charge in [-0.1, -0.05) is 6.58 Å². The second-order valence-corrected chi connectivity index (χ2v) is 2.41. The first-order chi connectivity index (χ1) is 6.77. The lowest BCUT2D eigenvalue weighted by Gasteiger charge is -2.04.